The largest absolute Gasteiger partial charge is 0.481 e. The molecule has 1 aliphatic rings. The lowest BCUT2D eigenvalue weighted by molar-refractivity contribution is -0.139. The molecule has 1 aromatic rings. The van der Waals surface area contributed by atoms with Crippen LogP contribution >= 0.6 is 11.8 Å². The molecule has 1 atom stereocenters. The maximum atomic E-state index is 11.4. The summed E-state index contributed by atoms with van der Waals surface area (Å²) >= 11 is 1.71. The van der Waals surface area contributed by atoms with Crippen LogP contribution in [0, 0.1) is 12.8 Å². The van der Waals surface area contributed by atoms with E-state index in [4.69, 9.17) is 0 Å². The molecule has 0 radical (unpaired) electrons. The number of thioether (sulfide) groups is 1. The molecule has 18 heavy (non-hydrogen) atoms. The molecule has 3 heteroatoms. The Kier molecular flexibility index (Phi) is 4.33. The van der Waals surface area contributed by atoms with Crippen molar-refractivity contribution in [2.75, 3.05) is 6.26 Å². The van der Waals surface area contributed by atoms with Crippen LogP contribution in [0.25, 0.3) is 0 Å². The minimum atomic E-state index is -0.682. The summed E-state index contributed by atoms with van der Waals surface area (Å²) in [4.78, 5) is 12.7. The molecule has 0 aliphatic heterocycles. The van der Waals surface area contributed by atoms with Crippen molar-refractivity contribution in [3.8, 4) is 0 Å². The third kappa shape index (κ3) is 2.89. The van der Waals surface area contributed by atoms with E-state index in [0.29, 0.717) is 5.92 Å². The van der Waals surface area contributed by atoms with Crippen molar-refractivity contribution >= 4 is 17.7 Å². The molecule has 0 heterocycles. The molecule has 1 unspecified atom stereocenters. The van der Waals surface area contributed by atoms with Gasteiger partial charge < -0.3 is 5.11 Å². The number of carboxylic acid groups (broad SMARTS) is 1. The summed E-state index contributed by atoms with van der Waals surface area (Å²) in [6.07, 6.45) is 6.51. The monoisotopic (exact) mass is 264 g/mol. The lowest BCUT2D eigenvalue weighted by Crippen LogP contribution is -2.20. The molecule has 2 rings (SSSR count). The van der Waals surface area contributed by atoms with Crippen molar-refractivity contribution in [1.82, 2.24) is 0 Å². The van der Waals surface area contributed by atoms with Crippen molar-refractivity contribution in [2.45, 2.75) is 43.4 Å². The smallest absolute Gasteiger partial charge is 0.310 e. The van der Waals surface area contributed by atoms with Gasteiger partial charge in [0.15, 0.2) is 0 Å². The van der Waals surface area contributed by atoms with E-state index in [2.05, 4.69) is 6.92 Å². The predicted octanol–water partition coefficient (Wildman–Crippen LogP) is 4.08. The highest BCUT2D eigenvalue weighted by Crippen LogP contribution is 2.36. The number of aryl methyl sites for hydroxylation is 1. The highest BCUT2D eigenvalue weighted by molar-refractivity contribution is 7.98. The summed E-state index contributed by atoms with van der Waals surface area (Å²) in [6, 6.07) is 6.08. The number of hydrogen-bond acceptors (Lipinski definition) is 2. The fourth-order valence-corrected chi connectivity index (χ4v) is 3.14. The van der Waals surface area contributed by atoms with Crippen LogP contribution in [0.15, 0.2) is 23.1 Å². The number of carboxylic acids is 1. The van der Waals surface area contributed by atoms with Crippen LogP contribution in [0.2, 0.25) is 0 Å². The van der Waals surface area contributed by atoms with E-state index in [1.165, 1.54) is 29.7 Å². The van der Waals surface area contributed by atoms with Gasteiger partial charge in [0.05, 0.1) is 5.92 Å². The molecular formula is C15H20O2S. The molecule has 1 saturated carbocycles. The molecule has 0 aromatic heterocycles. The molecule has 98 valence electrons. The first-order chi connectivity index (χ1) is 8.61. The average molecular weight is 264 g/mol. The van der Waals surface area contributed by atoms with E-state index in [1.54, 1.807) is 11.8 Å². The molecule has 1 fully saturated rings. The van der Waals surface area contributed by atoms with Gasteiger partial charge in [-0.2, -0.15) is 0 Å². The number of hydrogen-bond donors (Lipinski definition) is 1. The number of aliphatic carboxylic acids is 1. The van der Waals surface area contributed by atoms with Crippen LogP contribution in [0.4, 0.5) is 0 Å². The van der Waals surface area contributed by atoms with Crippen LogP contribution < -0.4 is 0 Å². The first-order valence-electron chi connectivity index (χ1n) is 6.49. The van der Waals surface area contributed by atoms with E-state index in [1.807, 2.05) is 24.5 Å². The van der Waals surface area contributed by atoms with Gasteiger partial charge in [-0.15, -0.1) is 11.8 Å². The Morgan fingerprint density at radius 3 is 2.67 bits per heavy atom. The fourth-order valence-electron chi connectivity index (χ4n) is 2.56. The Bertz CT molecular complexity index is 438. The summed E-state index contributed by atoms with van der Waals surface area (Å²) in [5, 5.41) is 9.41. The SMILES string of the molecule is CSc1ccc(C(CC2CCC2)C(=O)O)cc1C. The molecule has 1 aromatic carbocycles. The summed E-state index contributed by atoms with van der Waals surface area (Å²) < 4.78 is 0. The van der Waals surface area contributed by atoms with Gasteiger partial charge in [-0.1, -0.05) is 31.4 Å². The van der Waals surface area contributed by atoms with Crippen molar-refractivity contribution in [3.63, 3.8) is 0 Å². The van der Waals surface area contributed by atoms with E-state index in [-0.39, 0.29) is 5.92 Å². The topological polar surface area (TPSA) is 37.3 Å². The maximum Gasteiger partial charge on any atom is 0.310 e. The second-order valence-corrected chi connectivity index (χ2v) is 6.00. The van der Waals surface area contributed by atoms with Gasteiger partial charge in [0, 0.05) is 4.90 Å². The van der Waals surface area contributed by atoms with Gasteiger partial charge in [0.2, 0.25) is 0 Å². The Morgan fingerprint density at radius 2 is 2.22 bits per heavy atom. The standard InChI is InChI=1S/C15H20O2S/c1-10-8-12(6-7-14(10)18-2)13(15(16)17)9-11-4-3-5-11/h6-8,11,13H,3-5,9H2,1-2H3,(H,16,17). The van der Waals surface area contributed by atoms with Crippen LogP contribution in [-0.4, -0.2) is 17.3 Å². The van der Waals surface area contributed by atoms with E-state index in [9.17, 15) is 9.90 Å². The Hall–Kier alpha value is -0.960. The first-order valence-corrected chi connectivity index (χ1v) is 7.71. The van der Waals surface area contributed by atoms with Gasteiger partial charge in [-0.25, -0.2) is 0 Å². The number of carbonyl (C=O) groups is 1. The highest BCUT2D eigenvalue weighted by Gasteiger charge is 2.27. The lowest BCUT2D eigenvalue weighted by atomic mass is 9.77. The van der Waals surface area contributed by atoms with Crippen LogP contribution in [-0.2, 0) is 4.79 Å². The van der Waals surface area contributed by atoms with Crippen molar-refractivity contribution < 1.29 is 9.90 Å². The lowest BCUT2D eigenvalue weighted by Gasteiger charge is -2.28. The summed E-state index contributed by atoms with van der Waals surface area (Å²) in [5.41, 5.74) is 2.14. The summed E-state index contributed by atoms with van der Waals surface area (Å²) in [5.74, 6) is -0.394. The quantitative estimate of drug-likeness (QED) is 0.814. The van der Waals surface area contributed by atoms with Crippen molar-refractivity contribution in [2.24, 2.45) is 5.92 Å². The highest BCUT2D eigenvalue weighted by atomic mass is 32.2. The predicted molar refractivity (Wildman–Crippen MR) is 75.3 cm³/mol. The van der Waals surface area contributed by atoms with Gasteiger partial charge in [-0.05, 0) is 42.7 Å². The molecular weight excluding hydrogens is 244 g/mol. The first kappa shape index (κ1) is 13.5. The molecule has 0 amide bonds. The molecule has 2 nitrogen and oxygen atoms in total. The van der Waals surface area contributed by atoms with Crippen LogP contribution in [0.3, 0.4) is 0 Å². The third-order valence-corrected chi connectivity index (χ3v) is 4.81. The normalized spacial score (nSPS) is 17.2. The molecule has 0 spiro atoms. The van der Waals surface area contributed by atoms with E-state index >= 15 is 0 Å². The second-order valence-electron chi connectivity index (χ2n) is 5.15. The zero-order valence-electron chi connectivity index (χ0n) is 11.0. The maximum absolute atomic E-state index is 11.4. The molecule has 0 saturated heterocycles. The van der Waals surface area contributed by atoms with Crippen LogP contribution in [0.5, 0.6) is 0 Å². The number of rotatable bonds is 5. The van der Waals surface area contributed by atoms with Gasteiger partial charge in [-0.3, -0.25) is 4.79 Å². The zero-order valence-corrected chi connectivity index (χ0v) is 11.8. The minimum absolute atomic E-state index is 0.329. The van der Waals surface area contributed by atoms with Crippen molar-refractivity contribution in [3.05, 3.63) is 29.3 Å². The molecule has 0 bridgehead atoms. The average Bonchev–Trinajstić information content (AvgIpc) is 2.27. The molecule has 1 N–H and O–H groups in total. The summed E-state index contributed by atoms with van der Waals surface area (Å²) in [7, 11) is 0. The summed E-state index contributed by atoms with van der Waals surface area (Å²) in [6.45, 7) is 2.05. The van der Waals surface area contributed by atoms with Crippen LogP contribution in [0.1, 0.15) is 42.7 Å². The van der Waals surface area contributed by atoms with Gasteiger partial charge >= 0.3 is 5.97 Å². The Balaban J connectivity index is 2.18. The Labute approximate surface area is 113 Å². The third-order valence-electron chi connectivity index (χ3n) is 3.91. The number of benzene rings is 1. The van der Waals surface area contributed by atoms with E-state index in [0.717, 1.165) is 12.0 Å². The zero-order chi connectivity index (χ0) is 13.1. The molecule has 1 aliphatic carbocycles. The van der Waals surface area contributed by atoms with Gasteiger partial charge in [0.25, 0.3) is 0 Å². The van der Waals surface area contributed by atoms with Gasteiger partial charge in [0.1, 0.15) is 0 Å². The van der Waals surface area contributed by atoms with E-state index < -0.39 is 5.97 Å². The fraction of sp³-hybridized carbons (Fsp3) is 0.533. The second kappa shape index (κ2) is 5.79. The minimum Gasteiger partial charge on any atom is -0.481 e. The van der Waals surface area contributed by atoms with Crippen molar-refractivity contribution in [1.29, 1.82) is 0 Å². The Morgan fingerprint density at radius 1 is 1.50 bits per heavy atom.